The molecule has 2 aromatic rings. The zero-order valence-corrected chi connectivity index (χ0v) is 14.1. The van der Waals surface area contributed by atoms with E-state index in [1.54, 1.807) is 7.05 Å². The molecule has 0 unspecified atom stereocenters. The lowest BCUT2D eigenvalue weighted by atomic mass is 10.2. The van der Waals surface area contributed by atoms with Crippen LogP contribution in [0.25, 0.3) is 0 Å². The van der Waals surface area contributed by atoms with Crippen molar-refractivity contribution in [1.29, 1.82) is 0 Å². The zero-order valence-electron chi connectivity index (χ0n) is 14.1. The maximum absolute atomic E-state index is 12.4. The van der Waals surface area contributed by atoms with Gasteiger partial charge in [-0.15, -0.1) is 0 Å². The van der Waals surface area contributed by atoms with E-state index in [1.807, 2.05) is 23.1 Å². The van der Waals surface area contributed by atoms with Crippen molar-refractivity contribution < 1.29 is 0 Å². The third-order valence-corrected chi connectivity index (χ3v) is 4.62. The van der Waals surface area contributed by atoms with E-state index >= 15 is 0 Å². The van der Waals surface area contributed by atoms with Gasteiger partial charge in [-0.25, -0.2) is 4.79 Å². The van der Waals surface area contributed by atoms with Crippen molar-refractivity contribution in [1.82, 2.24) is 14.0 Å². The Kier molecular flexibility index (Phi) is 4.44. The predicted octanol–water partition coefficient (Wildman–Crippen LogP) is -0.0116. The number of rotatable bonds is 3. The molecule has 1 aliphatic heterocycles. The van der Waals surface area contributed by atoms with E-state index in [1.165, 1.54) is 17.2 Å². The number of nitrogens with two attached hydrogens (primary N) is 1. The number of nitrogens with zero attached hydrogens (tertiary/aromatic N) is 4. The molecule has 1 aliphatic rings. The van der Waals surface area contributed by atoms with Crippen LogP contribution in [0.4, 0.5) is 11.5 Å². The summed E-state index contributed by atoms with van der Waals surface area (Å²) in [5.74, 6) is 0.236. The monoisotopic (exact) mass is 329 g/mol. The van der Waals surface area contributed by atoms with Gasteiger partial charge >= 0.3 is 5.69 Å². The van der Waals surface area contributed by atoms with Crippen molar-refractivity contribution in [3.8, 4) is 0 Å². The topological polar surface area (TPSA) is 76.5 Å². The average Bonchev–Trinajstić information content (AvgIpc) is 2.61. The van der Waals surface area contributed by atoms with Crippen LogP contribution in [0.2, 0.25) is 0 Å². The standard InChI is InChI=1S/C17H23N5O2/c1-19-15(18)14(16(23)20(2)17(19)24)22-10-8-21(9-11-22)12-13-6-4-3-5-7-13/h3-7H,8-12,18H2,1-2H3. The second kappa shape index (κ2) is 6.52. The zero-order chi connectivity index (χ0) is 17.3. The fourth-order valence-corrected chi connectivity index (χ4v) is 3.11. The van der Waals surface area contributed by atoms with Crippen LogP contribution in [0.5, 0.6) is 0 Å². The van der Waals surface area contributed by atoms with E-state index < -0.39 is 5.69 Å². The quantitative estimate of drug-likeness (QED) is 0.857. The second-order valence-electron chi connectivity index (χ2n) is 6.19. The number of hydrogen-bond donors (Lipinski definition) is 1. The van der Waals surface area contributed by atoms with E-state index in [9.17, 15) is 9.59 Å². The number of piperazine rings is 1. The minimum atomic E-state index is -0.399. The molecular weight excluding hydrogens is 306 g/mol. The van der Waals surface area contributed by atoms with Gasteiger partial charge in [-0.2, -0.15) is 0 Å². The molecule has 2 N–H and O–H groups in total. The molecule has 3 rings (SSSR count). The van der Waals surface area contributed by atoms with Gasteiger partial charge in [0.15, 0.2) is 0 Å². The van der Waals surface area contributed by atoms with Gasteiger partial charge in [0, 0.05) is 46.8 Å². The number of hydrogen-bond acceptors (Lipinski definition) is 5. The summed E-state index contributed by atoms with van der Waals surface area (Å²) in [6, 6.07) is 10.3. The molecule has 0 aliphatic carbocycles. The Hall–Kier alpha value is -2.54. The first-order valence-corrected chi connectivity index (χ1v) is 8.05. The van der Waals surface area contributed by atoms with Crippen molar-refractivity contribution >= 4 is 11.5 Å². The molecule has 0 amide bonds. The molecule has 1 fully saturated rings. The molecule has 0 saturated carbocycles. The summed E-state index contributed by atoms with van der Waals surface area (Å²) in [6.07, 6.45) is 0. The Balaban J connectivity index is 1.76. The minimum absolute atomic E-state index is 0.236. The number of benzene rings is 1. The van der Waals surface area contributed by atoms with Crippen molar-refractivity contribution in [3.05, 3.63) is 56.7 Å². The summed E-state index contributed by atoms with van der Waals surface area (Å²) in [4.78, 5) is 28.7. The largest absolute Gasteiger partial charge is 0.383 e. The molecule has 7 heteroatoms. The van der Waals surface area contributed by atoms with Gasteiger partial charge in [-0.1, -0.05) is 30.3 Å². The van der Waals surface area contributed by atoms with E-state index in [2.05, 4.69) is 17.0 Å². The van der Waals surface area contributed by atoms with E-state index in [0.717, 1.165) is 24.2 Å². The van der Waals surface area contributed by atoms with Crippen LogP contribution in [0.3, 0.4) is 0 Å². The highest BCUT2D eigenvalue weighted by atomic mass is 16.2. The fourth-order valence-electron chi connectivity index (χ4n) is 3.11. The molecule has 1 aromatic carbocycles. The first-order chi connectivity index (χ1) is 11.5. The van der Waals surface area contributed by atoms with Crippen molar-refractivity contribution in [2.45, 2.75) is 6.54 Å². The molecule has 128 valence electrons. The Morgan fingerprint density at radius 1 is 0.958 bits per heavy atom. The second-order valence-corrected chi connectivity index (χ2v) is 6.19. The minimum Gasteiger partial charge on any atom is -0.383 e. The highest BCUT2D eigenvalue weighted by Gasteiger charge is 2.23. The van der Waals surface area contributed by atoms with Gasteiger partial charge in [-0.3, -0.25) is 18.8 Å². The molecular formula is C17H23N5O2. The van der Waals surface area contributed by atoms with Crippen molar-refractivity contribution in [2.75, 3.05) is 36.8 Å². The van der Waals surface area contributed by atoms with Gasteiger partial charge in [-0.05, 0) is 5.56 Å². The van der Waals surface area contributed by atoms with Gasteiger partial charge < -0.3 is 10.6 Å². The lowest BCUT2D eigenvalue weighted by Gasteiger charge is -2.36. The van der Waals surface area contributed by atoms with Crippen molar-refractivity contribution in [2.24, 2.45) is 14.1 Å². The summed E-state index contributed by atoms with van der Waals surface area (Å²) in [6.45, 7) is 4.02. The third-order valence-electron chi connectivity index (χ3n) is 4.62. The lowest BCUT2D eigenvalue weighted by molar-refractivity contribution is 0.249. The van der Waals surface area contributed by atoms with Crippen LogP contribution < -0.4 is 21.9 Å². The van der Waals surface area contributed by atoms with Crippen LogP contribution >= 0.6 is 0 Å². The van der Waals surface area contributed by atoms with Crippen LogP contribution in [-0.4, -0.2) is 40.2 Å². The van der Waals surface area contributed by atoms with Crippen LogP contribution in [-0.2, 0) is 20.6 Å². The van der Waals surface area contributed by atoms with Crippen LogP contribution in [0.15, 0.2) is 39.9 Å². The Morgan fingerprint density at radius 3 is 2.21 bits per heavy atom. The summed E-state index contributed by atoms with van der Waals surface area (Å²) >= 11 is 0. The maximum Gasteiger partial charge on any atom is 0.332 e. The highest BCUT2D eigenvalue weighted by molar-refractivity contribution is 5.62. The molecule has 1 aromatic heterocycles. The number of nitrogen functional groups attached to an aromatic ring is 1. The van der Waals surface area contributed by atoms with Gasteiger partial charge in [0.1, 0.15) is 11.5 Å². The first-order valence-electron chi connectivity index (χ1n) is 8.05. The van der Waals surface area contributed by atoms with E-state index in [-0.39, 0.29) is 11.4 Å². The van der Waals surface area contributed by atoms with Crippen molar-refractivity contribution in [3.63, 3.8) is 0 Å². The summed E-state index contributed by atoms with van der Waals surface area (Å²) in [5, 5.41) is 0. The Labute approximate surface area is 140 Å². The third kappa shape index (κ3) is 2.94. The van der Waals surface area contributed by atoms with Crippen LogP contribution in [0, 0.1) is 0 Å². The number of aromatic nitrogens is 2. The average molecular weight is 329 g/mol. The molecule has 0 radical (unpaired) electrons. The summed E-state index contributed by atoms with van der Waals surface area (Å²) in [5.41, 5.74) is 7.02. The molecule has 0 spiro atoms. The van der Waals surface area contributed by atoms with Gasteiger partial charge in [0.05, 0.1) is 0 Å². The fraction of sp³-hybridized carbons (Fsp3) is 0.412. The Bertz CT molecular complexity index is 833. The molecule has 0 atom stereocenters. The first kappa shape index (κ1) is 16.3. The predicted molar refractivity (Wildman–Crippen MR) is 95.3 cm³/mol. The van der Waals surface area contributed by atoms with E-state index in [4.69, 9.17) is 5.73 Å². The number of anilines is 2. The lowest BCUT2D eigenvalue weighted by Crippen LogP contribution is -2.50. The molecule has 24 heavy (non-hydrogen) atoms. The summed E-state index contributed by atoms with van der Waals surface area (Å²) < 4.78 is 2.44. The highest BCUT2D eigenvalue weighted by Crippen LogP contribution is 2.18. The maximum atomic E-state index is 12.4. The Morgan fingerprint density at radius 2 is 1.58 bits per heavy atom. The van der Waals surface area contributed by atoms with Gasteiger partial charge in [0.25, 0.3) is 5.56 Å². The molecule has 1 saturated heterocycles. The smallest absolute Gasteiger partial charge is 0.332 e. The van der Waals surface area contributed by atoms with E-state index in [0.29, 0.717) is 18.8 Å². The molecule has 0 bridgehead atoms. The molecule has 7 nitrogen and oxygen atoms in total. The summed E-state index contributed by atoms with van der Waals surface area (Å²) in [7, 11) is 3.07. The van der Waals surface area contributed by atoms with Crippen LogP contribution in [0.1, 0.15) is 5.56 Å². The molecule has 2 heterocycles. The normalized spacial score (nSPS) is 15.7. The van der Waals surface area contributed by atoms with Gasteiger partial charge in [0.2, 0.25) is 0 Å². The SMILES string of the molecule is Cn1c(N)c(N2CCN(Cc3ccccc3)CC2)c(=O)n(C)c1=O.